The minimum atomic E-state index is 0.0171. The number of nitrogens with zero attached hydrogens (tertiary/aromatic N) is 1. The van der Waals surface area contributed by atoms with Gasteiger partial charge in [0.1, 0.15) is 0 Å². The smallest absolute Gasteiger partial charge is 0.259 e. The highest BCUT2D eigenvalue weighted by molar-refractivity contribution is 8.03. The molecule has 0 radical (unpaired) electrons. The van der Waals surface area contributed by atoms with Crippen molar-refractivity contribution in [3.63, 3.8) is 0 Å². The summed E-state index contributed by atoms with van der Waals surface area (Å²) in [5.74, 6) is 0.988. The molecule has 0 aliphatic carbocycles. The number of rotatable bonds is 4. The maximum Gasteiger partial charge on any atom is 0.259 e. The molecule has 0 fully saturated rings. The average Bonchev–Trinajstić information content (AvgIpc) is 1.98. The number of amides is 1. The Hall–Kier alpha value is -0.440. The highest BCUT2D eigenvalue weighted by Crippen LogP contribution is 2.15. The maximum atomic E-state index is 11.2. The molecule has 0 unspecified atom stereocenters. The summed E-state index contributed by atoms with van der Waals surface area (Å²) in [7, 11) is 3.47. The number of thioether (sulfide) groups is 1. The van der Waals surface area contributed by atoms with Crippen molar-refractivity contribution in [2.45, 2.75) is 13.3 Å². The summed E-state index contributed by atoms with van der Waals surface area (Å²) in [4.78, 5) is 13.3. The molecule has 0 saturated carbocycles. The van der Waals surface area contributed by atoms with Gasteiger partial charge in [-0.2, -0.15) is 0 Å². The third-order valence-corrected chi connectivity index (χ3v) is 2.26. The van der Waals surface area contributed by atoms with Crippen LogP contribution in [0.15, 0.2) is 11.5 Å². The largest absolute Gasteiger partial charge is 0.344 e. The van der Waals surface area contributed by atoms with Gasteiger partial charge >= 0.3 is 0 Å². The van der Waals surface area contributed by atoms with E-state index in [0.29, 0.717) is 4.91 Å². The summed E-state index contributed by atoms with van der Waals surface area (Å²) in [6, 6.07) is 0. The zero-order chi connectivity index (χ0) is 8.85. The van der Waals surface area contributed by atoms with Crippen molar-refractivity contribution in [3.05, 3.63) is 11.5 Å². The molecule has 0 aromatic heterocycles. The molecule has 0 rings (SSSR count). The summed E-state index contributed by atoms with van der Waals surface area (Å²) in [5, 5.41) is 0. The van der Waals surface area contributed by atoms with Gasteiger partial charge in [0.05, 0.1) is 4.91 Å². The summed E-state index contributed by atoms with van der Waals surface area (Å²) in [6.07, 6.45) is 1.07. The predicted molar refractivity (Wildman–Crippen MR) is 50.6 cm³/mol. The molecule has 0 aromatic carbocycles. The second-order valence-electron chi connectivity index (χ2n) is 2.47. The Morgan fingerprint density at radius 3 is 2.45 bits per heavy atom. The lowest BCUT2D eigenvalue weighted by Gasteiger charge is -2.10. The van der Waals surface area contributed by atoms with Crippen LogP contribution in [0.4, 0.5) is 0 Å². The Bertz CT molecular complexity index is 154. The zero-order valence-electron chi connectivity index (χ0n) is 7.39. The van der Waals surface area contributed by atoms with E-state index in [9.17, 15) is 4.79 Å². The molecule has 0 bridgehead atoms. The van der Waals surface area contributed by atoms with Crippen LogP contribution < -0.4 is 0 Å². The fourth-order valence-electron chi connectivity index (χ4n) is 0.536. The minimum Gasteiger partial charge on any atom is -0.344 e. The van der Waals surface area contributed by atoms with Gasteiger partial charge in [-0.25, -0.2) is 0 Å². The molecule has 0 atom stereocenters. The van der Waals surface area contributed by atoms with Gasteiger partial charge in [0, 0.05) is 14.1 Å². The number of hydrogen-bond donors (Lipinski definition) is 0. The molecule has 11 heavy (non-hydrogen) atoms. The van der Waals surface area contributed by atoms with Crippen molar-refractivity contribution in [1.82, 2.24) is 4.90 Å². The molecule has 0 heterocycles. The van der Waals surface area contributed by atoms with E-state index in [0.717, 1.165) is 12.2 Å². The lowest BCUT2D eigenvalue weighted by molar-refractivity contribution is -0.123. The second kappa shape index (κ2) is 5.24. The fourth-order valence-corrected chi connectivity index (χ4v) is 1.29. The lowest BCUT2D eigenvalue weighted by Crippen LogP contribution is -2.21. The molecular weight excluding hydrogens is 158 g/mol. The van der Waals surface area contributed by atoms with E-state index in [2.05, 4.69) is 13.5 Å². The van der Waals surface area contributed by atoms with Crippen LogP contribution in [0.3, 0.4) is 0 Å². The van der Waals surface area contributed by atoms with E-state index >= 15 is 0 Å². The minimum absolute atomic E-state index is 0.0171. The standard InChI is InChI=1S/C8H15NOS/c1-5-6-11-7(2)8(10)9(3)4/h2,5-6H2,1,3-4H3. The first-order valence-corrected chi connectivity index (χ1v) is 4.61. The van der Waals surface area contributed by atoms with Crippen LogP contribution >= 0.6 is 11.8 Å². The summed E-state index contributed by atoms with van der Waals surface area (Å²) >= 11 is 1.53. The molecule has 0 saturated heterocycles. The third-order valence-electron chi connectivity index (χ3n) is 1.13. The number of carbonyl (C=O) groups excluding carboxylic acids is 1. The van der Waals surface area contributed by atoms with Crippen molar-refractivity contribution >= 4 is 17.7 Å². The Labute approximate surface area is 72.6 Å². The molecule has 3 heteroatoms. The van der Waals surface area contributed by atoms with Crippen molar-refractivity contribution in [1.29, 1.82) is 0 Å². The number of carbonyl (C=O) groups is 1. The van der Waals surface area contributed by atoms with E-state index in [1.54, 1.807) is 19.0 Å². The van der Waals surface area contributed by atoms with Crippen LogP contribution in [0.1, 0.15) is 13.3 Å². The van der Waals surface area contributed by atoms with E-state index in [1.807, 2.05) is 0 Å². The van der Waals surface area contributed by atoms with Crippen LogP contribution in [-0.4, -0.2) is 30.7 Å². The van der Waals surface area contributed by atoms with Gasteiger partial charge in [-0.1, -0.05) is 13.5 Å². The molecule has 0 aromatic rings. The number of hydrogen-bond acceptors (Lipinski definition) is 2. The molecule has 0 N–H and O–H groups in total. The van der Waals surface area contributed by atoms with Gasteiger partial charge in [0.25, 0.3) is 5.91 Å². The summed E-state index contributed by atoms with van der Waals surface area (Å²) in [6.45, 7) is 5.77. The van der Waals surface area contributed by atoms with Gasteiger partial charge in [-0.05, 0) is 12.2 Å². The third kappa shape index (κ3) is 4.09. The van der Waals surface area contributed by atoms with E-state index in [1.165, 1.54) is 11.8 Å². The van der Waals surface area contributed by atoms with Crippen LogP contribution in [0.2, 0.25) is 0 Å². The van der Waals surface area contributed by atoms with E-state index in [4.69, 9.17) is 0 Å². The Morgan fingerprint density at radius 2 is 2.09 bits per heavy atom. The molecule has 0 aliphatic heterocycles. The SMILES string of the molecule is C=C(SCCC)C(=O)N(C)C. The molecule has 1 amide bonds. The highest BCUT2D eigenvalue weighted by atomic mass is 32.2. The van der Waals surface area contributed by atoms with Crippen molar-refractivity contribution in [2.24, 2.45) is 0 Å². The highest BCUT2D eigenvalue weighted by Gasteiger charge is 2.07. The first kappa shape index (κ1) is 10.6. The first-order valence-electron chi connectivity index (χ1n) is 3.63. The van der Waals surface area contributed by atoms with Gasteiger partial charge in [-0.15, -0.1) is 11.8 Å². The average molecular weight is 173 g/mol. The van der Waals surface area contributed by atoms with Gasteiger partial charge in [-0.3, -0.25) is 4.79 Å². The van der Waals surface area contributed by atoms with Crippen LogP contribution in [0.25, 0.3) is 0 Å². The summed E-state index contributed by atoms with van der Waals surface area (Å²) < 4.78 is 0. The van der Waals surface area contributed by atoms with E-state index in [-0.39, 0.29) is 5.91 Å². The molecule has 2 nitrogen and oxygen atoms in total. The zero-order valence-corrected chi connectivity index (χ0v) is 8.20. The van der Waals surface area contributed by atoms with Crippen LogP contribution in [-0.2, 0) is 4.79 Å². The van der Waals surface area contributed by atoms with Crippen LogP contribution in [0.5, 0.6) is 0 Å². The van der Waals surface area contributed by atoms with Crippen molar-refractivity contribution in [2.75, 3.05) is 19.8 Å². The van der Waals surface area contributed by atoms with E-state index < -0.39 is 0 Å². The maximum absolute atomic E-state index is 11.2. The summed E-state index contributed by atoms with van der Waals surface area (Å²) in [5.41, 5.74) is 0. The van der Waals surface area contributed by atoms with Crippen LogP contribution in [0, 0.1) is 0 Å². The Kier molecular flexibility index (Phi) is 5.03. The Balaban J connectivity index is 3.75. The van der Waals surface area contributed by atoms with Crippen molar-refractivity contribution in [3.8, 4) is 0 Å². The van der Waals surface area contributed by atoms with Gasteiger partial charge < -0.3 is 4.90 Å². The van der Waals surface area contributed by atoms with Gasteiger partial charge in [0.2, 0.25) is 0 Å². The monoisotopic (exact) mass is 173 g/mol. The molecule has 64 valence electrons. The quantitative estimate of drug-likeness (QED) is 0.603. The normalized spacial score (nSPS) is 9.36. The van der Waals surface area contributed by atoms with Crippen molar-refractivity contribution < 1.29 is 4.79 Å². The predicted octanol–water partition coefficient (Wildman–Crippen LogP) is 1.73. The van der Waals surface area contributed by atoms with Gasteiger partial charge in [0.15, 0.2) is 0 Å². The molecular formula is C8H15NOS. The topological polar surface area (TPSA) is 20.3 Å². The fraction of sp³-hybridized carbons (Fsp3) is 0.625. The Morgan fingerprint density at radius 1 is 1.55 bits per heavy atom. The number of likely N-dealkylation sites (N-methyl/N-ethyl adjacent to an activating group) is 1. The second-order valence-corrected chi connectivity index (χ2v) is 3.66. The molecule has 0 aliphatic rings. The lowest BCUT2D eigenvalue weighted by atomic mass is 10.5. The first-order chi connectivity index (χ1) is 5.09. The molecule has 0 spiro atoms.